The van der Waals surface area contributed by atoms with Crippen LogP contribution in [0.15, 0.2) is 29.4 Å². The Balaban J connectivity index is 1.39. The summed E-state index contributed by atoms with van der Waals surface area (Å²) in [7, 11) is -3.57. The Labute approximate surface area is 169 Å². The van der Waals surface area contributed by atoms with Crippen LogP contribution < -0.4 is 0 Å². The molecule has 0 N–H and O–H groups in total. The Kier molecular flexibility index (Phi) is 5.34. The van der Waals surface area contributed by atoms with Gasteiger partial charge in [-0.2, -0.15) is 9.57 Å². The fraction of sp³-hybridized carbons (Fsp3) is 0.474. The molecule has 1 saturated heterocycles. The third kappa shape index (κ3) is 4.02. The van der Waals surface area contributed by atoms with E-state index >= 15 is 0 Å². The van der Waals surface area contributed by atoms with Gasteiger partial charge in [-0.05, 0) is 48.9 Å². The molecule has 2 aromatic rings. The van der Waals surface area contributed by atoms with Gasteiger partial charge in [0.1, 0.15) is 18.9 Å². The highest BCUT2D eigenvalue weighted by atomic mass is 32.2. The fourth-order valence-electron chi connectivity index (χ4n) is 3.86. The maximum Gasteiger partial charge on any atom is 0.252 e. The zero-order valence-corrected chi connectivity index (χ0v) is 16.8. The van der Waals surface area contributed by atoms with Gasteiger partial charge in [-0.25, -0.2) is 18.1 Å². The van der Waals surface area contributed by atoms with Crippen molar-refractivity contribution < 1.29 is 13.2 Å². The molecular formula is C19H22N6O3S. The average Bonchev–Trinajstić information content (AvgIpc) is 3.21. The van der Waals surface area contributed by atoms with E-state index in [2.05, 4.69) is 10.1 Å². The molecule has 4 rings (SSSR count). The molecule has 0 saturated carbocycles. The number of sulfonamides is 1. The predicted molar refractivity (Wildman–Crippen MR) is 103 cm³/mol. The second-order valence-corrected chi connectivity index (χ2v) is 9.24. The first-order valence-electron chi connectivity index (χ1n) is 9.66. The lowest BCUT2D eigenvalue weighted by molar-refractivity contribution is -0.133. The minimum absolute atomic E-state index is 0.0127. The highest BCUT2D eigenvalue weighted by molar-refractivity contribution is 7.89. The molecule has 0 bridgehead atoms. The predicted octanol–water partition coefficient (Wildman–Crippen LogP) is 0.562. The number of hydrogen-bond acceptors (Lipinski definition) is 6. The summed E-state index contributed by atoms with van der Waals surface area (Å²) in [5, 5.41) is 12.6. The Morgan fingerprint density at radius 1 is 1.10 bits per heavy atom. The third-order valence-corrected chi connectivity index (χ3v) is 7.38. The molecule has 0 unspecified atom stereocenters. The SMILES string of the molecule is N#Cc1ncn(CC(=O)N2CCN(S(=O)(=O)c3ccc4c(c3)CCCC4)CC2)n1. The molecule has 1 aliphatic carbocycles. The minimum Gasteiger partial charge on any atom is -0.338 e. The molecule has 1 aliphatic heterocycles. The van der Waals surface area contributed by atoms with E-state index in [0.29, 0.717) is 18.0 Å². The second-order valence-electron chi connectivity index (χ2n) is 7.30. The van der Waals surface area contributed by atoms with Crippen molar-refractivity contribution in [1.29, 1.82) is 5.26 Å². The number of hydrogen-bond donors (Lipinski definition) is 0. The number of nitriles is 1. The zero-order chi connectivity index (χ0) is 20.4. The maximum atomic E-state index is 13.0. The number of carbonyl (C=O) groups excluding carboxylic acids is 1. The van der Waals surface area contributed by atoms with Crippen LogP contribution in [0.4, 0.5) is 0 Å². The zero-order valence-electron chi connectivity index (χ0n) is 16.0. The van der Waals surface area contributed by atoms with E-state index in [9.17, 15) is 13.2 Å². The van der Waals surface area contributed by atoms with Crippen LogP contribution in [0, 0.1) is 11.3 Å². The highest BCUT2D eigenvalue weighted by Gasteiger charge is 2.30. The van der Waals surface area contributed by atoms with Crippen molar-refractivity contribution in [3.63, 3.8) is 0 Å². The molecule has 0 radical (unpaired) electrons. The number of piperazine rings is 1. The molecule has 2 aliphatic rings. The Morgan fingerprint density at radius 2 is 1.83 bits per heavy atom. The fourth-order valence-corrected chi connectivity index (χ4v) is 5.33. The highest BCUT2D eigenvalue weighted by Crippen LogP contribution is 2.26. The van der Waals surface area contributed by atoms with Gasteiger partial charge in [0.15, 0.2) is 0 Å². The molecule has 1 aromatic heterocycles. The molecule has 2 heterocycles. The first kappa shape index (κ1) is 19.5. The number of nitrogens with zero attached hydrogens (tertiary/aromatic N) is 6. The normalized spacial score (nSPS) is 17.6. The van der Waals surface area contributed by atoms with E-state index in [4.69, 9.17) is 5.26 Å². The van der Waals surface area contributed by atoms with E-state index in [1.807, 2.05) is 18.2 Å². The Bertz CT molecular complexity index is 1060. The second kappa shape index (κ2) is 7.93. The summed E-state index contributed by atoms with van der Waals surface area (Å²) in [5.41, 5.74) is 2.38. The molecule has 29 heavy (non-hydrogen) atoms. The maximum absolute atomic E-state index is 13.0. The lowest BCUT2D eigenvalue weighted by Gasteiger charge is -2.34. The summed E-state index contributed by atoms with van der Waals surface area (Å²) >= 11 is 0. The topological polar surface area (TPSA) is 112 Å². The van der Waals surface area contributed by atoms with Crippen LogP contribution in [0.5, 0.6) is 0 Å². The lowest BCUT2D eigenvalue weighted by Crippen LogP contribution is -2.51. The smallest absolute Gasteiger partial charge is 0.252 e. The van der Waals surface area contributed by atoms with Crippen LogP contribution in [0.2, 0.25) is 0 Å². The van der Waals surface area contributed by atoms with Crippen molar-refractivity contribution >= 4 is 15.9 Å². The van der Waals surface area contributed by atoms with Gasteiger partial charge in [0, 0.05) is 26.2 Å². The van der Waals surface area contributed by atoms with Crippen molar-refractivity contribution in [3.8, 4) is 6.07 Å². The van der Waals surface area contributed by atoms with Gasteiger partial charge in [-0.3, -0.25) is 4.79 Å². The molecule has 10 heteroatoms. The number of amides is 1. The first-order valence-corrected chi connectivity index (χ1v) is 11.1. The summed E-state index contributed by atoms with van der Waals surface area (Å²) < 4.78 is 28.9. The molecule has 1 amide bonds. The number of rotatable bonds is 4. The van der Waals surface area contributed by atoms with Crippen LogP contribution in [-0.4, -0.2) is 64.5 Å². The van der Waals surface area contributed by atoms with Gasteiger partial charge in [0.25, 0.3) is 5.82 Å². The number of aromatic nitrogens is 3. The molecule has 9 nitrogen and oxygen atoms in total. The van der Waals surface area contributed by atoms with Crippen LogP contribution >= 0.6 is 0 Å². The van der Waals surface area contributed by atoms with Gasteiger partial charge in [-0.15, -0.1) is 5.10 Å². The Morgan fingerprint density at radius 3 is 2.52 bits per heavy atom. The van der Waals surface area contributed by atoms with Crippen molar-refractivity contribution in [2.75, 3.05) is 26.2 Å². The lowest BCUT2D eigenvalue weighted by atomic mass is 9.92. The summed E-state index contributed by atoms with van der Waals surface area (Å²) in [6.07, 6.45) is 5.53. The first-order chi connectivity index (χ1) is 14.0. The van der Waals surface area contributed by atoms with E-state index in [0.717, 1.165) is 31.2 Å². The minimum atomic E-state index is -3.57. The number of benzene rings is 1. The van der Waals surface area contributed by atoms with Crippen LogP contribution in [0.25, 0.3) is 0 Å². The van der Waals surface area contributed by atoms with Crippen molar-refractivity contribution in [2.45, 2.75) is 37.1 Å². The van der Waals surface area contributed by atoms with Gasteiger partial charge >= 0.3 is 0 Å². The van der Waals surface area contributed by atoms with Crippen LogP contribution in [0.3, 0.4) is 0 Å². The molecule has 152 valence electrons. The monoisotopic (exact) mass is 414 g/mol. The molecule has 1 fully saturated rings. The number of aryl methyl sites for hydroxylation is 2. The summed E-state index contributed by atoms with van der Waals surface area (Å²) in [6, 6.07) is 7.28. The van der Waals surface area contributed by atoms with E-state index in [1.165, 1.54) is 20.9 Å². The third-order valence-electron chi connectivity index (χ3n) is 5.48. The van der Waals surface area contributed by atoms with Crippen molar-refractivity contribution in [2.24, 2.45) is 0 Å². The van der Waals surface area contributed by atoms with E-state index in [1.54, 1.807) is 11.0 Å². The largest absolute Gasteiger partial charge is 0.338 e. The summed E-state index contributed by atoms with van der Waals surface area (Å²) in [4.78, 5) is 18.2. The summed E-state index contributed by atoms with van der Waals surface area (Å²) in [6.45, 7) is 1.13. The standard InChI is InChI=1S/C19H22N6O3S/c20-12-18-21-14-24(22-18)13-19(26)23-7-9-25(10-8-23)29(27,28)17-6-5-15-3-1-2-4-16(15)11-17/h5-6,11,14H,1-4,7-10,13H2. The van der Waals surface area contributed by atoms with E-state index < -0.39 is 10.0 Å². The number of carbonyl (C=O) groups is 1. The van der Waals surface area contributed by atoms with Gasteiger partial charge in [0.2, 0.25) is 15.9 Å². The van der Waals surface area contributed by atoms with Gasteiger partial charge in [0.05, 0.1) is 4.90 Å². The van der Waals surface area contributed by atoms with E-state index in [-0.39, 0.29) is 31.4 Å². The average molecular weight is 414 g/mol. The van der Waals surface area contributed by atoms with Gasteiger partial charge < -0.3 is 4.90 Å². The van der Waals surface area contributed by atoms with Crippen molar-refractivity contribution in [3.05, 3.63) is 41.5 Å². The van der Waals surface area contributed by atoms with Crippen LogP contribution in [-0.2, 0) is 34.2 Å². The van der Waals surface area contributed by atoms with Gasteiger partial charge in [-0.1, -0.05) is 6.07 Å². The molecule has 0 atom stereocenters. The molecule has 0 spiro atoms. The quantitative estimate of drug-likeness (QED) is 0.723. The molecular weight excluding hydrogens is 392 g/mol. The van der Waals surface area contributed by atoms with Crippen molar-refractivity contribution in [1.82, 2.24) is 24.0 Å². The molecule has 1 aromatic carbocycles. The number of fused-ring (bicyclic) bond motifs is 1. The summed E-state index contributed by atoms with van der Waals surface area (Å²) in [5.74, 6) is -0.163. The van der Waals surface area contributed by atoms with Crippen LogP contribution in [0.1, 0.15) is 29.8 Å². The Hall–Kier alpha value is -2.77.